The van der Waals surface area contributed by atoms with Crippen molar-refractivity contribution < 1.29 is 19.4 Å². The lowest BCUT2D eigenvalue weighted by Crippen LogP contribution is -2.45. The number of amides is 1. The number of carbonyl (C=O) groups is 1. The van der Waals surface area contributed by atoms with Crippen LogP contribution in [0, 0.1) is 0 Å². The van der Waals surface area contributed by atoms with E-state index in [-0.39, 0.29) is 25.2 Å². The van der Waals surface area contributed by atoms with Crippen molar-refractivity contribution in [2.24, 2.45) is 0 Å². The third-order valence-electron chi connectivity index (χ3n) is 5.45. The van der Waals surface area contributed by atoms with Crippen molar-refractivity contribution in [3.05, 3.63) is 71.4 Å². The van der Waals surface area contributed by atoms with E-state index in [0.29, 0.717) is 24.7 Å². The molecule has 1 unspecified atom stereocenters. The Hall–Kier alpha value is -3.32. The molecule has 1 aromatic heterocycles. The highest BCUT2D eigenvalue weighted by Gasteiger charge is 2.29. The van der Waals surface area contributed by atoms with Gasteiger partial charge in [0.1, 0.15) is 13.2 Å². The summed E-state index contributed by atoms with van der Waals surface area (Å²) >= 11 is 0. The van der Waals surface area contributed by atoms with E-state index in [1.54, 1.807) is 10.7 Å². The van der Waals surface area contributed by atoms with Crippen molar-refractivity contribution in [3.63, 3.8) is 0 Å². The molecule has 3 aromatic rings. The van der Waals surface area contributed by atoms with E-state index in [1.165, 1.54) is 22.3 Å². The number of benzene rings is 2. The van der Waals surface area contributed by atoms with E-state index in [9.17, 15) is 9.90 Å². The van der Waals surface area contributed by atoms with E-state index in [2.05, 4.69) is 34.7 Å². The molecule has 7 nitrogen and oxygen atoms in total. The molecule has 0 radical (unpaired) electrons. The quantitative estimate of drug-likeness (QED) is 0.714. The van der Waals surface area contributed by atoms with Crippen LogP contribution in [0.1, 0.15) is 22.7 Å². The Kier molecular flexibility index (Phi) is 4.44. The van der Waals surface area contributed by atoms with Crippen LogP contribution in [0.2, 0.25) is 0 Å². The van der Waals surface area contributed by atoms with Gasteiger partial charge in [0, 0.05) is 12.0 Å². The largest absolute Gasteiger partial charge is 0.476 e. The zero-order chi connectivity index (χ0) is 19.8. The number of aliphatic hydroxyl groups excluding tert-OH is 1. The number of rotatable bonds is 4. The maximum absolute atomic E-state index is 12.4. The Morgan fingerprint density at radius 2 is 1.86 bits per heavy atom. The molecule has 0 saturated heterocycles. The molecule has 29 heavy (non-hydrogen) atoms. The fraction of sp³-hybridized carbons (Fsp3) is 0.273. The van der Waals surface area contributed by atoms with Crippen LogP contribution in [0.15, 0.2) is 54.6 Å². The standard InChI is InChI=1S/C22H21N3O4/c26-11-14-9-21-25(24-14)10-15(12-28-21)23-22(27)29-13-20-18-7-3-1-5-16(18)17-6-2-4-8-19(17)20/h1-9,15,20,26H,10-13H2,(H,23,27). The van der Waals surface area contributed by atoms with E-state index in [0.717, 1.165) is 0 Å². The first-order valence-electron chi connectivity index (χ1n) is 9.65. The number of alkyl carbamates (subject to hydrolysis) is 1. The van der Waals surface area contributed by atoms with Gasteiger partial charge in [0.05, 0.1) is 24.9 Å². The maximum Gasteiger partial charge on any atom is 0.407 e. The molecule has 1 amide bonds. The number of aromatic nitrogens is 2. The lowest BCUT2D eigenvalue weighted by atomic mass is 9.98. The molecule has 0 spiro atoms. The molecular weight excluding hydrogens is 370 g/mol. The summed E-state index contributed by atoms with van der Waals surface area (Å²) in [7, 11) is 0. The van der Waals surface area contributed by atoms with E-state index in [1.807, 2.05) is 24.3 Å². The minimum atomic E-state index is -0.474. The molecule has 5 rings (SSSR count). The van der Waals surface area contributed by atoms with Crippen LogP contribution >= 0.6 is 0 Å². The normalized spacial score (nSPS) is 17.1. The van der Waals surface area contributed by atoms with Gasteiger partial charge in [0.25, 0.3) is 0 Å². The predicted octanol–water partition coefficient (Wildman–Crippen LogP) is 2.68. The van der Waals surface area contributed by atoms with Crippen LogP contribution in [0.3, 0.4) is 0 Å². The molecule has 148 valence electrons. The van der Waals surface area contributed by atoms with E-state index < -0.39 is 6.09 Å². The van der Waals surface area contributed by atoms with Gasteiger partial charge >= 0.3 is 6.09 Å². The van der Waals surface area contributed by atoms with Gasteiger partial charge in [-0.15, -0.1) is 0 Å². The summed E-state index contributed by atoms with van der Waals surface area (Å²) in [6.07, 6.45) is -0.474. The summed E-state index contributed by atoms with van der Waals surface area (Å²) in [5.74, 6) is 0.625. The summed E-state index contributed by atoms with van der Waals surface area (Å²) in [5, 5.41) is 16.3. The molecule has 0 fully saturated rings. The maximum atomic E-state index is 12.4. The number of fused-ring (bicyclic) bond motifs is 4. The van der Waals surface area contributed by atoms with Gasteiger partial charge in [0.2, 0.25) is 5.88 Å². The Morgan fingerprint density at radius 3 is 2.55 bits per heavy atom. The second-order valence-corrected chi connectivity index (χ2v) is 7.29. The predicted molar refractivity (Wildman–Crippen MR) is 106 cm³/mol. The fourth-order valence-corrected chi connectivity index (χ4v) is 4.12. The van der Waals surface area contributed by atoms with Crippen molar-refractivity contribution in [2.75, 3.05) is 13.2 Å². The number of aliphatic hydroxyl groups is 1. The smallest absolute Gasteiger partial charge is 0.407 e. The molecule has 7 heteroatoms. The lowest BCUT2D eigenvalue weighted by Gasteiger charge is -2.24. The van der Waals surface area contributed by atoms with Gasteiger partial charge in [-0.05, 0) is 22.3 Å². The van der Waals surface area contributed by atoms with Gasteiger partial charge in [0.15, 0.2) is 0 Å². The first-order valence-corrected chi connectivity index (χ1v) is 9.65. The molecule has 0 saturated carbocycles. The second-order valence-electron chi connectivity index (χ2n) is 7.29. The van der Waals surface area contributed by atoms with Crippen molar-refractivity contribution in [1.82, 2.24) is 15.1 Å². The van der Waals surface area contributed by atoms with Crippen molar-refractivity contribution >= 4 is 6.09 Å². The highest BCUT2D eigenvalue weighted by molar-refractivity contribution is 5.79. The molecule has 1 atom stereocenters. The van der Waals surface area contributed by atoms with Gasteiger partial charge in [-0.2, -0.15) is 5.10 Å². The van der Waals surface area contributed by atoms with Crippen molar-refractivity contribution in [1.29, 1.82) is 0 Å². The van der Waals surface area contributed by atoms with Crippen LogP contribution in [0.4, 0.5) is 4.79 Å². The number of nitrogens with zero attached hydrogens (tertiary/aromatic N) is 2. The van der Waals surface area contributed by atoms with Crippen LogP contribution in [0.5, 0.6) is 5.88 Å². The molecular formula is C22H21N3O4. The van der Waals surface area contributed by atoms with Crippen molar-refractivity contribution in [2.45, 2.75) is 25.1 Å². The second kappa shape index (κ2) is 7.25. The molecule has 2 heterocycles. The Labute approximate surface area is 167 Å². The number of hydrogen-bond donors (Lipinski definition) is 2. The SMILES string of the molecule is O=C(NC1COc2cc(CO)nn2C1)OCC1c2ccccc2-c2ccccc21. The topological polar surface area (TPSA) is 85.6 Å². The van der Waals surface area contributed by atoms with Crippen LogP contribution < -0.4 is 10.1 Å². The summed E-state index contributed by atoms with van der Waals surface area (Å²) in [6, 6.07) is 17.9. The van der Waals surface area contributed by atoms with Crippen LogP contribution in [0.25, 0.3) is 11.1 Å². The fourth-order valence-electron chi connectivity index (χ4n) is 4.12. The molecule has 2 N–H and O–H groups in total. The van der Waals surface area contributed by atoms with Crippen LogP contribution in [-0.4, -0.2) is 40.2 Å². The van der Waals surface area contributed by atoms with E-state index in [4.69, 9.17) is 9.47 Å². The number of nitrogens with one attached hydrogen (secondary N) is 1. The van der Waals surface area contributed by atoms with Gasteiger partial charge in [-0.25, -0.2) is 9.48 Å². The summed E-state index contributed by atoms with van der Waals surface area (Å²) in [5.41, 5.74) is 5.30. The third-order valence-corrected chi connectivity index (χ3v) is 5.45. The zero-order valence-electron chi connectivity index (χ0n) is 15.7. The minimum Gasteiger partial charge on any atom is -0.476 e. The lowest BCUT2D eigenvalue weighted by molar-refractivity contribution is 0.123. The summed E-state index contributed by atoms with van der Waals surface area (Å²) in [6.45, 7) is 0.934. The van der Waals surface area contributed by atoms with Crippen LogP contribution in [-0.2, 0) is 17.9 Å². The number of ether oxygens (including phenoxy) is 2. The summed E-state index contributed by atoms with van der Waals surface area (Å²) in [4.78, 5) is 12.4. The van der Waals surface area contributed by atoms with Gasteiger partial charge < -0.3 is 19.9 Å². The highest BCUT2D eigenvalue weighted by atomic mass is 16.5. The summed E-state index contributed by atoms with van der Waals surface area (Å²) < 4.78 is 12.8. The van der Waals surface area contributed by atoms with E-state index >= 15 is 0 Å². The highest BCUT2D eigenvalue weighted by Crippen LogP contribution is 2.44. The van der Waals surface area contributed by atoms with Crippen molar-refractivity contribution in [3.8, 4) is 17.0 Å². The molecule has 0 bridgehead atoms. The zero-order valence-corrected chi connectivity index (χ0v) is 15.7. The van der Waals surface area contributed by atoms with Gasteiger partial charge in [-0.1, -0.05) is 48.5 Å². The Morgan fingerprint density at radius 1 is 1.17 bits per heavy atom. The minimum absolute atomic E-state index is 0.0283. The first-order chi connectivity index (χ1) is 14.2. The Balaban J connectivity index is 1.24. The molecule has 2 aliphatic rings. The molecule has 2 aromatic carbocycles. The first kappa shape index (κ1) is 17.8. The number of hydrogen-bond acceptors (Lipinski definition) is 5. The Bertz CT molecular complexity index is 1020. The monoisotopic (exact) mass is 391 g/mol. The average molecular weight is 391 g/mol. The van der Waals surface area contributed by atoms with Gasteiger partial charge in [-0.3, -0.25) is 0 Å². The third kappa shape index (κ3) is 3.23. The average Bonchev–Trinajstić information content (AvgIpc) is 3.31. The number of carbonyl (C=O) groups excluding carboxylic acids is 1. The molecule has 1 aliphatic carbocycles. The molecule has 1 aliphatic heterocycles.